The van der Waals surface area contributed by atoms with E-state index in [-0.39, 0.29) is 5.97 Å². The van der Waals surface area contributed by atoms with E-state index in [1.54, 1.807) is 12.1 Å². The van der Waals surface area contributed by atoms with Gasteiger partial charge in [0, 0.05) is 6.92 Å². The molecule has 0 amide bonds. The highest BCUT2D eigenvalue weighted by Gasteiger charge is 1.83. The largest absolute Gasteiger partial charge is 0.508 e. The van der Waals surface area contributed by atoms with Gasteiger partial charge in [-0.1, -0.05) is 12.1 Å². The van der Waals surface area contributed by atoms with Crippen LogP contribution in [0, 0.1) is 6.92 Å². The lowest BCUT2D eigenvalue weighted by atomic mass is 10.2. The fraction of sp³-hybridized carbons (Fsp3) is 0.300. The first-order valence-corrected chi connectivity index (χ1v) is 3.86. The first kappa shape index (κ1) is 11.5. The summed E-state index contributed by atoms with van der Waals surface area (Å²) in [5.41, 5.74) is 1.09. The number of benzene rings is 1. The molecule has 0 unspecified atom stereocenters. The zero-order valence-electron chi connectivity index (χ0n) is 8.07. The number of rotatable bonds is 0. The molecule has 1 aromatic carbocycles. The molecular weight excluding hydrogens is 168 g/mol. The molecule has 0 bridgehead atoms. The van der Waals surface area contributed by atoms with Crippen molar-refractivity contribution in [2.24, 2.45) is 0 Å². The van der Waals surface area contributed by atoms with E-state index >= 15 is 0 Å². The first-order chi connectivity index (χ1) is 6.06. The van der Waals surface area contributed by atoms with Crippen LogP contribution in [-0.4, -0.2) is 18.2 Å². The summed E-state index contributed by atoms with van der Waals surface area (Å²) in [6.07, 6.45) is 0. The van der Waals surface area contributed by atoms with E-state index in [4.69, 9.17) is 5.11 Å². The number of ether oxygens (including phenoxy) is 1. The zero-order valence-corrected chi connectivity index (χ0v) is 8.07. The van der Waals surface area contributed by atoms with Gasteiger partial charge in [0.25, 0.3) is 0 Å². The topological polar surface area (TPSA) is 46.5 Å². The average molecular weight is 182 g/mol. The standard InChI is InChI=1S/C7H8O.C3H6O2/c1-6-3-2-4-7(8)5-6;1-3(4)5-2/h2-5,8H,1H3;1-2H3. The molecule has 0 aliphatic rings. The predicted molar refractivity (Wildman–Crippen MR) is 50.5 cm³/mol. The van der Waals surface area contributed by atoms with Crippen molar-refractivity contribution in [2.75, 3.05) is 7.11 Å². The summed E-state index contributed by atoms with van der Waals surface area (Å²) in [4.78, 5) is 9.59. The molecule has 0 radical (unpaired) electrons. The second-order valence-electron chi connectivity index (χ2n) is 2.53. The van der Waals surface area contributed by atoms with Crippen molar-refractivity contribution in [3.05, 3.63) is 29.8 Å². The van der Waals surface area contributed by atoms with Gasteiger partial charge in [-0.25, -0.2) is 0 Å². The number of carbonyl (C=O) groups excluding carboxylic acids is 1. The minimum atomic E-state index is -0.245. The molecule has 0 aliphatic carbocycles. The Bertz CT molecular complexity index is 251. The minimum Gasteiger partial charge on any atom is -0.508 e. The Morgan fingerprint density at radius 2 is 2.00 bits per heavy atom. The number of hydrogen-bond acceptors (Lipinski definition) is 3. The van der Waals surface area contributed by atoms with Crippen LogP contribution in [0.25, 0.3) is 0 Å². The molecule has 3 heteroatoms. The Kier molecular flexibility index (Phi) is 5.35. The Morgan fingerprint density at radius 3 is 2.23 bits per heavy atom. The van der Waals surface area contributed by atoms with Crippen LogP contribution >= 0.6 is 0 Å². The van der Waals surface area contributed by atoms with Gasteiger partial charge >= 0.3 is 5.97 Å². The molecule has 0 aliphatic heterocycles. The van der Waals surface area contributed by atoms with Crippen molar-refractivity contribution in [3.8, 4) is 5.75 Å². The molecule has 0 saturated heterocycles. The van der Waals surface area contributed by atoms with Crippen LogP contribution in [0.5, 0.6) is 5.75 Å². The number of methoxy groups -OCH3 is 1. The smallest absolute Gasteiger partial charge is 0.302 e. The Balaban J connectivity index is 0.000000252. The molecule has 1 aromatic rings. The van der Waals surface area contributed by atoms with Crippen LogP contribution in [-0.2, 0) is 9.53 Å². The number of aromatic hydroxyl groups is 1. The molecule has 0 aromatic heterocycles. The van der Waals surface area contributed by atoms with Gasteiger partial charge in [0.15, 0.2) is 0 Å². The van der Waals surface area contributed by atoms with Gasteiger partial charge < -0.3 is 9.84 Å². The summed E-state index contributed by atoms with van der Waals surface area (Å²) in [6.45, 7) is 3.31. The zero-order chi connectivity index (χ0) is 10.3. The van der Waals surface area contributed by atoms with Gasteiger partial charge in [-0.2, -0.15) is 0 Å². The Morgan fingerprint density at radius 1 is 1.46 bits per heavy atom. The third-order valence-corrected chi connectivity index (χ3v) is 1.29. The van der Waals surface area contributed by atoms with Crippen molar-refractivity contribution in [3.63, 3.8) is 0 Å². The van der Waals surface area contributed by atoms with Crippen molar-refractivity contribution < 1.29 is 14.6 Å². The number of carbonyl (C=O) groups is 1. The lowest BCUT2D eigenvalue weighted by Crippen LogP contribution is -1.88. The lowest BCUT2D eigenvalue weighted by Gasteiger charge is -1.89. The summed E-state index contributed by atoms with van der Waals surface area (Å²) in [5, 5.41) is 8.81. The van der Waals surface area contributed by atoms with E-state index in [0.29, 0.717) is 5.75 Å². The summed E-state index contributed by atoms with van der Waals surface area (Å²) < 4.78 is 4.11. The van der Waals surface area contributed by atoms with Gasteiger partial charge in [0.1, 0.15) is 5.75 Å². The normalized spacial score (nSPS) is 8.23. The number of phenols is 1. The Labute approximate surface area is 78.0 Å². The van der Waals surface area contributed by atoms with Crippen LogP contribution in [0.2, 0.25) is 0 Å². The van der Waals surface area contributed by atoms with Gasteiger partial charge in [0.2, 0.25) is 0 Å². The van der Waals surface area contributed by atoms with Crippen LogP contribution < -0.4 is 0 Å². The average Bonchev–Trinajstić information content (AvgIpc) is 2.05. The second kappa shape index (κ2) is 6.06. The van der Waals surface area contributed by atoms with Gasteiger partial charge in [-0.15, -0.1) is 0 Å². The van der Waals surface area contributed by atoms with Crippen molar-refractivity contribution in [2.45, 2.75) is 13.8 Å². The molecule has 0 saturated carbocycles. The van der Waals surface area contributed by atoms with E-state index in [2.05, 4.69) is 4.74 Å². The number of aryl methyl sites for hydroxylation is 1. The van der Waals surface area contributed by atoms with Crippen LogP contribution in [0.15, 0.2) is 24.3 Å². The molecule has 0 fully saturated rings. The molecular formula is C10H14O3. The van der Waals surface area contributed by atoms with Gasteiger partial charge in [0.05, 0.1) is 7.11 Å². The lowest BCUT2D eigenvalue weighted by molar-refractivity contribution is -0.137. The molecule has 3 nitrogen and oxygen atoms in total. The fourth-order valence-electron chi connectivity index (χ4n) is 0.628. The van der Waals surface area contributed by atoms with Crippen LogP contribution in [0.1, 0.15) is 12.5 Å². The molecule has 1 N–H and O–H groups in total. The highest BCUT2D eigenvalue weighted by atomic mass is 16.5. The van der Waals surface area contributed by atoms with Crippen LogP contribution in [0.4, 0.5) is 0 Å². The summed E-state index contributed by atoms with van der Waals surface area (Å²) >= 11 is 0. The predicted octanol–water partition coefficient (Wildman–Crippen LogP) is 1.88. The van der Waals surface area contributed by atoms with Crippen LogP contribution in [0.3, 0.4) is 0 Å². The van der Waals surface area contributed by atoms with Crippen molar-refractivity contribution in [1.29, 1.82) is 0 Å². The Hall–Kier alpha value is -1.51. The SMILES string of the molecule is COC(C)=O.Cc1cccc(O)c1. The summed E-state index contributed by atoms with van der Waals surface area (Å²) in [6, 6.07) is 7.15. The van der Waals surface area contributed by atoms with E-state index in [0.717, 1.165) is 5.56 Å². The maximum atomic E-state index is 9.59. The molecule has 0 heterocycles. The fourth-order valence-corrected chi connectivity index (χ4v) is 0.628. The quantitative estimate of drug-likeness (QED) is 0.623. The van der Waals surface area contributed by atoms with Gasteiger partial charge in [-0.3, -0.25) is 4.79 Å². The highest BCUT2D eigenvalue weighted by Crippen LogP contribution is 2.08. The minimum absolute atomic E-state index is 0.245. The van der Waals surface area contributed by atoms with Crippen molar-refractivity contribution >= 4 is 5.97 Å². The first-order valence-electron chi connectivity index (χ1n) is 3.86. The number of phenolic OH excluding ortho intramolecular Hbond substituents is 1. The van der Waals surface area contributed by atoms with E-state index < -0.39 is 0 Å². The molecule has 1 rings (SSSR count). The number of esters is 1. The highest BCUT2D eigenvalue weighted by molar-refractivity contribution is 5.65. The van der Waals surface area contributed by atoms with E-state index in [1.165, 1.54) is 14.0 Å². The second-order valence-corrected chi connectivity index (χ2v) is 2.53. The molecule has 13 heavy (non-hydrogen) atoms. The summed E-state index contributed by atoms with van der Waals surface area (Å²) in [7, 11) is 1.35. The summed E-state index contributed by atoms with van der Waals surface area (Å²) in [5.74, 6) is 0.0926. The molecule has 72 valence electrons. The molecule has 0 spiro atoms. The van der Waals surface area contributed by atoms with E-state index in [1.807, 2.05) is 19.1 Å². The van der Waals surface area contributed by atoms with Gasteiger partial charge in [-0.05, 0) is 24.6 Å². The van der Waals surface area contributed by atoms with Crippen molar-refractivity contribution in [1.82, 2.24) is 0 Å². The maximum Gasteiger partial charge on any atom is 0.302 e. The van der Waals surface area contributed by atoms with E-state index in [9.17, 15) is 4.79 Å². The monoisotopic (exact) mass is 182 g/mol. The molecule has 0 atom stereocenters. The third-order valence-electron chi connectivity index (χ3n) is 1.29. The maximum absolute atomic E-state index is 9.59. The number of hydrogen-bond donors (Lipinski definition) is 1. The third kappa shape index (κ3) is 6.87.